The second-order valence-electron chi connectivity index (χ2n) is 7.87. The highest BCUT2D eigenvalue weighted by atomic mass is 16.7. The van der Waals surface area contributed by atoms with Crippen LogP contribution in [-0.4, -0.2) is 42.3 Å². The number of carboxylic acids is 1. The smallest absolute Gasteiger partial charge is 0.407 e. The number of alkyl carbamates (subject to hydrolysis) is 1. The summed E-state index contributed by atoms with van der Waals surface area (Å²) in [5, 5.41) is 11.5. The lowest BCUT2D eigenvalue weighted by molar-refractivity contribution is -0.159. The summed E-state index contributed by atoms with van der Waals surface area (Å²) >= 11 is 0. The van der Waals surface area contributed by atoms with Gasteiger partial charge in [0.05, 0.1) is 0 Å². The van der Waals surface area contributed by atoms with E-state index < -0.39 is 18.2 Å². The van der Waals surface area contributed by atoms with E-state index in [4.69, 9.17) is 14.7 Å². The Morgan fingerprint density at radius 1 is 1.06 bits per heavy atom. The maximum Gasteiger partial charge on any atom is 0.407 e. The zero-order chi connectivity index (χ0) is 22.0. The Bertz CT molecular complexity index is 962. The van der Waals surface area contributed by atoms with Crippen LogP contribution in [0.5, 0.6) is 0 Å². The lowest BCUT2D eigenvalue weighted by atomic mass is 9.98. The van der Waals surface area contributed by atoms with Crippen molar-refractivity contribution in [3.63, 3.8) is 0 Å². The Balaban J connectivity index is 1.23. The van der Waals surface area contributed by atoms with Crippen LogP contribution in [0, 0.1) is 11.8 Å². The van der Waals surface area contributed by atoms with E-state index in [1.54, 1.807) is 0 Å². The highest BCUT2D eigenvalue weighted by molar-refractivity contribution is 5.81. The van der Waals surface area contributed by atoms with Gasteiger partial charge in [0.2, 0.25) is 5.91 Å². The minimum absolute atomic E-state index is 0.00836. The van der Waals surface area contributed by atoms with Crippen LogP contribution in [0.1, 0.15) is 30.4 Å². The van der Waals surface area contributed by atoms with Crippen molar-refractivity contribution in [1.29, 1.82) is 0 Å². The Labute approximate surface area is 179 Å². The van der Waals surface area contributed by atoms with Crippen molar-refractivity contribution in [1.82, 2.24) is 10.8 Å². The topological polar surface area (TPSA) is 114 Å². The van der Waals surface area contributed by atoms with Crippen LogP contribution < -0.4 is 10.8 Å². The molecule has 0 saturated heterocycles. The molecule has 0 spiro atoms. The molecule has 0 aliphatic heterocycles. The van der Waals surface area contributed by atoms with Crippen LogP contribution in [0.3, 0.4) is 0 Å². The number of carbonyl (C=O) groups excluding carboxylic acids is 2. The number of fused-ring (bicyclic) bond motifs is 3. The normalized spacial score (nSPS) is 19.6. The van der Waals surface area contributed by atoms with Gasteiger partial charge in [-0.3, -0.25) is 9.63 Å². The third-order valence-corrected chi connectivity index (χ3v) is 5.80. The maximum atomic E-state index is 12.2. The fourth-order valence-electron chi connectivity index (χ4n) is 3.93. The Hall–Kier alpha value is -3.39. The van der Waals surface area contributed by atoms with Crippen LogP contribution in [0.4, 0.5) is 4.79 Å². The molecule has 3 atom stereocenters. The average Bonchev–Trinajstić information content (AvgIpc) is 3.49. The van der Waals surface area contributed by atoms with Crippen molar-refractivity contribution in [2.75, 3.05) is 13.2 Å². The van der Waals surface area contributed by atoms with Gasteiger partial charge < -0.3 is 15.2 Å². The van der Waals surface area contributed by atoms with Gasteiger partial charge in [-0.1, -0.05) is 48.5 Å². The first-order chi connectivity index (χ1) is 15.0. The van der Waals surface area contributed by atoms with Gasteiger partial charge in [-0.05, 0) is 41.5 Å². The molecular formula is C23H24N2O6. The number of amides is 2. The molecule has 2 aromatic carbocycles. The van der Waals surface area contributed by atoms with Crippen molar-refractivity contribution in [3.8, 4) is 11.1 Å². The summed E-state index contributed by atoms with van der Waals surface area (Å²) in [5.41, 5.74) is 6.78. The minimum Gasteiger partial charge on any atom is -0.479 e. The van der Waals surface area contributed by atoms with Gasteiger partial charge in [0.1, 0.15) is 6.61 Å². The van der Waals surface area contributed by atoms with Crippen molar-refractivity contribution < 1.29 is 29.1 Å². The van der Waals surface area contributed by atoms with Gasteiger partial charge in [-0.25, -0.2) is 15.1 Å². The molecule has 8 nitrogen and oxygen atoms in total. The summed E-state index contributed by atoms with van der Waals surface area (Å²) in [7, 11) is 0. The van der Waals surface area contributed by atoms with Gasteiger partial charge in [0.25, 0.3) is 0 Å². The number of hydrogen-bond donors (Lipinski definition) is 3. The SMILES string of the molecule is CC(ONC(=O)[C@@H]1C[C@@H]1CNC(=O)OCC1c2ccccc2-c2ccccc21)C(=O)O. The first-order valence-electron chi connectivity index (χ1n) is 10.2. The fourth-order valence-corrected chi connectivity index (χ4v) is 3.93. The molecule has 1 unspecified atom stereocenters. The second-order valence-corrected chi connectivity index (χ2v) is 7.87. The minimum atomic E-state index is -1.16. The molecule has 2 aliphatic rings. The molecular weight excluding hydrogens is 400 g/mol. The molecule has 1 saturated carbocycles. The van der Waals surface area contributed by atoms with E-state index in [0.717, 1.165) is 11.1 Å². The number of ether oxygens (including phenoxy) is 1. The lowest BCUT2D eigenvalue weighted by Crippen LogP contribution is -2.34. The zero-order valence-electron chi connectivity index (χ0n) is 17.0. The standard InChI is InChI=1S/C23H24N2O6/c1-13(22(27)28)31-25-21(26)19-10-14(19)11-24-23(29)30-12-20-17-8-4-2-6-15(17)16-7-3-5-9-18(16)20/h2-9,13-14,19-20H,10-12H2,1H3,(H,24,29)(H,25,26)(H,27,28)/t13?,14-,19-/m1/s1. The molecule has 162 valence electrons. The van der Waals surface area contributed by atoms with Crippen LogP contribution >= 0.6 is 0 Å². The quantitative estimate of drug-likeness (QED) is 0.562. The summed E-state index contributed by atoms with van der Waals surface area (Å²) in [6, 6.07) is 16.2. The molecule has 2 aliphatic carbocycles. The third-order valence-electron chi connectivity index (χ3n) is 5.80. The van der Waals surface area contributed by atoms with Gasteiger partial charge in [-0.15, -0.1) is 0 Å². The number of carbonyl (C=O) groups is 3. The monoisotopic (exact) mass is 424 g/mol. The predicted octanol–water partition coefficient (Wildman–Crippen LogP) is 2.68. The molecule has 2 amide bonds. The lowest BCUT2D eigenvalue weighted by Gasteiger charge is -2.14. The Morgan fingerprint density at radius 3 is 2.29 bits per heavy atom. The summed E-state index contributed by atoms with van der Waals surface area (Å²) in [5.74, 6) is -1.89. The molecule has 3 N–H and O–H groups in total. The zero-order valence-corrected chi connectivity index (χ0v) is 17.0. The second kappa shape index (κ2) is 8.77. The van der Waals surface area contributed by atoms with E-state index >= 15 is 0 Å². The van der Waals surface area contributed by atoms with E-state index in [1.165, 1.54) is 18.1 Å². The molecule has 0 heterocycles. The van der Waals surface area contributed by atoms with Crippen molar-refractivity contribution in [2.24, 2.45) is 11.8 Å². The van der Waals surface area contributed by atoms with E-state index in [-0.39, 0.29) is 30.3 Å². The number of rotatable bonds is 8. The molecule has 4 rings (SSSR count). The maximum absolute atomic E-state index is 12.2. The summed E-state index contributed by atoms with van der Waals surface area (Å²) in [6.45, 7) is 1.87. The summed E-state index contributed by atoms with van der Waals surface area (Å²) in [6.07, 6.45) is -1.05. The molecule has 8 heteroatoms. The predicted molar refractivity (Wildman–Crippen MR) is 111 cm³/mol. The number of hydroxylamine groups is 1. The van der Waals surface area contributed by atoms with Crippen molar-refractivity contribution in [2.45, 2.75) is 25.4 Å². The number of hydrogen-bond acceptors (Lipinski definition) is 5. The largest absolute Gasteiger partial charge is 0.479 e. The van der Waals surface area contributed by atoms with Gasteiger partial charge >= 0.3 is 12.1 Å². The van der Waals surface area contributed by atoms with Crippen molar-refractivity contribution >= 4 is 18.0 Å². The molecule has 0 aromatic heterocycles. The Morgan fingerprint density at radius 2 is 1.68 bits per heavy atom. The van der Waals surface area contributed by atoms with Gasteiger partial charge in [-0.2, -0.15) is 0 Å². The van der Waals surface area contributed by atoms with E-state index in [0.29, 0.717) is 13.0 Å². The van der Waals surface area contributed by atoms with E-state index in [1.807, 2.05) is 24.3 Å². The Kier molecular flexibility index (Phi) is 5.90. The van der Waals surface area contributed by atoms with Crippen LogP contribution in [0.25, 0.3) is 11.1 Å². The van der Waals surface area contributed by atoms with E-state index in [9.17, 15) is 14.4 Å². The van der Waals surface area contributed by atoms with Crippen LogP contribution in [-0.2, 0) is 19.2 Å². The third kappa shape index (κ3) is 4.54. The average molecular weight is 424 g/mol. The molecule has 0 bridgehead atoms. The first-order valence-corrected chi connectivity index (χ1v) is 10.2. The van der Waals surface area contributed by atoms with Crippen LogP contribution in [0.2, 0.25) is 0 Å². The highest BCUT2D eigenvalue weighted by Gasteiger charge is 2.43. The molecule has 31 heavy (non-hydrogen) atoms. The number of nitrogens with one attached hydrogen (secondary N) is 2. The molecule has 0 radical (unpaired) electrons. The summed E-state index contributed by atoms with van der Waals surface area (Å²) in [4.78, 5) is 39.6. The number of benzene rings is 2. The van der Waals surface area contributed by atoms with E-state index in [2.05, 4.69) is 35.1 Å². The molecule has 1 fully saturated rings. The van der Waals surface area contributed by atoms with Crippen LogP contribution in [0.15, 0.2) is 48.5 Å². The number of carboxylic acid groups (broad SMARTS) is 1. The summed E-state index contributed by atoms with van der Waals surface area (Å²) < 4.78 is 5.48. The van der Waals surface area contributed by atoms with Gasteiger partial charge in [0, 0.05) is 18.4 Å². The van der Waals surface area contributed by atoms with Crippen molar-refractivity contribution in [3.05, 3.63) is 59.7 Å². The number of aliphatic carboxylic acids is 1. The fraction of sp³-hybridized carbons (Fsp3) is 0.348. The highest BCUT2D eigenvalue weighted by Crippen LogP contribution is 2.44. The first kappa shape index (κ1) is 20.9. The van der Waals surface area contributed by atoms with Gasteiger partial charge in [0.15, 0.2) is 6.10 Å². The molecule has 2 aromatic rings.